The van der Waals surface area contributed by atoms with Crippen LogP contribution in [0.1, 0.15) is 25.8 Å². The fraction of sp³-hybridized carbons (Fsp3) is 0.235. The van der Waals surface area contributed by atoms with Crippen LogP contribution in [-0.2, 0) is 5.67 Å². The number of rotatable bonds is 3. The van der Waals surface area contributed by atoms with Crippen LogP contribution in [0.4, 0.5) is 4.39 Å². The summed E-state index contributed by atoms with van der Waals surface area (Å²) in [6.07, 6.45) is 2.21. The summed E-state index contributed by atoms with van der Waals surface area (Å²) in [7, 11) is 0. The van der Waals surface area contributed by atoms with Gasteiger partial charge in [0.05, 0.1) is 10.6 Å². The van der Waals surface area contributed by atoms with E-state index in [4.69, 9.17) is 0 Å². The third kappa shape index (κ3) is 2.12. The van der Waals surface area contributed by atoms with Crippen LogP contribution in [0.2, 0.25) is 0 Å². The van der Waals surface area contributed by atoms with Gasteiger partial charge in [0.15, 0.2) is 0 Å². The Morgan fingerprint density at radius 2 is 1.90 bits per heavy atom. The van der Waals surface area contributed by atoms with Crippen molar-refractivity contribution in [2.75, 3.05) is 0 Å². The zero-order chi connectivity index (χ0) is 14.2. The number of fused-ring (bicyclic) bond motifs is 1. The molecule has 0 aliphatic rings. The van der Waals surface area contributed by atoms with Crippen LogP contribution >= 0.6 is 11.3 Å². The predicted molar refractivity (Wildman–Crippen MR) is 83.8 cm³/mol. The van der Waals surface area contributed by atoms with Gasteiger partial charge in [-0.25, -0.2) is 4.39 Å². The molecule has 20 heavy (non-hydrogen) atoms. The molecule has 3 aromatic rings. The van der Waals surface area contributed by atoms with Crippen molar-refractivity contribution in [3.63, 3.8) is 0 Å². The van der Waals surface area contributed by atoms with Gasteiger partial charge in [0, 0.05) is 16.5 Å². The van der Waals surface area contributed by atoms with Gasteiger partial charge in [-0.05, 0) is 36.9 Å². The minimum atomic E-state index is -1.34. The maximum Gasteiger partial charge on any atom is 0.135 e. The Bertz CT molecular complexity index is 731. The lowest BCUT2D eigenvalue weighted by molar-refractivity contribution is 0.189. The monoisotopic (exact) mass is 285 g/mol. The Kier molecular flexibility index (Phi) is 3.30. The Labute approximate surface area is 122 Å². The molecule has 0 saturated carbocycles. The SMILES string of the molecule is CCC(C)(F)c1c(-c2ccccn2)sc2ccccc12. The minimum absolute atomic E-state index is 0.452. The van der Waals surface area contributed by atoms with Gasteiger partial charge in [-0.2, -0.15) is 0 Å². The minimum Gasteiger partial charge on any atom is -0.255 e. The number of hydrogen-bond acceptors (Lipinski definition) is 2. The molecule has 1 unspecified atom stereocenters. The van der Waals surface area contributed by atoms with Crippen molar-refractivity contribution in [2.45, 2.75) is 25.9 Å². The van der Waals surface area contributed by atoms with Crippen molar-refractivity contribution < 1.29 is 4.39 Å². The Morgan fingerprint density at radius 3 is 2.60 bits per heavy atom. The van der Waals surface area contributed by atoms with Gasteiger partial charge < -0.3 is 0 Å². The van der Waals surface area contributed by atoms with E-state index in [2.05, 4.69) is 4.98 Å². The zero-order valence-corrected chi connectivity index (χ0v) is 12.4. The molecule has 0 amide bonds. The van der Waals surface area contributed by atoms with Crippen molar-refractivity contribution in [1.29, 1.82) is 0 Å². The van der Waals surface area contributed by atoms with E-state index in [1.807, 2.05) is 49.4 Å². The molecule has 0 aliphatic carbocycles. The summed E-state index contributed by atoms with van der Waals surface area (Å²) in [6.45, 7) is 3.54. The molecule has 102 valence electrons. The lowest BCUT2D eigenvalue weighted by Gasteiger charge is -2.20. The molecule has 1 atom stereocenters. The van der Waals surface area contributed by atoms with Crippen molar-refractivity contribution in [3.05, 3.63) is 54.2 Å². The maximum atomic E-state index is 15.0. The number of thiophene rings is 1. The fourth-order valence-corrected chi connectivity index (χ4v) is 3.71. The number of alkyl halides is 1. The molecule has 3 heteroatoms. The lowest BCUT2D eigenvalue weighted by atomic mass is 9.91. The Balaban J connectivity index is 2.34. The van der Waals surface area contributed by atoms with Gasteiger partial charge in [-0.15, -0.1) is 11.3 Å². The van der Waals surface area contributed by atoms with Crippen molar-refractivity contribution in [2.24, 2.45) is 0 Å². The molecule has 0 saturated heterocycles. The zero-order valence-electron chi connectivity index (χ0n) is 11.6. The van der Waals surface area contributed by atoms with Crippen LogP contribution in [0.5, 0.6) is 0 Å². The largest absolute Gasteiger partial charge is 0.255 e. The average Bonchev–Trinajstić information content (AvgIpc) is 2.88. The average molecular weight is 285 g/mol. The van der Waals surface area contributed by atoms with Gasteiger partial charge in [-0.3, -0.25) is 4.98 Å². The molecule has 0 bridgehead atoms. The number of halogens is 1. The second kappa shape index (κ2) is 4.98. The number of benzene rings is 1. The molecule has 0 aliphatic heterocycles. The smallest absolute Gasteiger partial charge is 0.135 e. The highest BCUT2D eigenvalue weighted by atomic mass is 32.1. The molecule has 3 rings (SSSR count). The molecule has 0 spiro atoms. The normalized spacial score (nSPS) is 14.3. The summed E-state index contributed by atoms with van der Waals surface area (Å²) in [6, 6.07) is 13.8. The summed E-state index contributed by atoms with van der Waals surface area (Å²) in [5.41, 5.74) is 0.284. The van der Waals surface area contributed by atoms with Crippen LogP contribution in [0.3, 0.4) is 0 Å². The van der Waals surface area contributed by atoms with Gasteiger partial charge in [0.1, 0.15) is 5.67 Å². The number of nitrogens with zero attached hydrogens (tertiary/aromatic N) is 1. The topological polar surface area (TPSA) is 12.9 Å². The first-order valence-corrected chi connectivity index (χ1v) is 7.57. The molecule has 1 aromatic carbocycles. The molecule has 0 fully saturated rings. The van der Waals surface area contributed by atoms with Crippen molar-refractivity contribution in [1.82, 2.24) is 4.98 Å². The van der Waals surface area contributed by atoms with E-state index >= 15 is 4.39 Å². The summed E-state index contributed by atoms with van der Waals surface area (Å²) < 4.78 is 16.2. The molecule has 2 heterocycles. The van der Waals surface area contributed by atoms with E-state index in [1.165, 1.54) is 0 Å². The van der Waals surface area contributed by atoms with Gasteiger partial charge in [0.25, 0.3) is 0 Å². The highest BCUT2D eigenvalue weighted by Crippen LogP contribution is 2.45. The predicted octanol–water partition coefficient (Wildman–Crippen LogP) is 5.56. The van der Waals surface area contributed by atoms with Crippen molar-refractivity contribution in [3.8, 4) is 10.6 Å². The van der Waals surface area contributed by atoms with Crippen LogP contribution in [0, 0.1) is 0 Å². The first-order valence-electron chi connectivity index (χ1n) is 6.76. The second-order valence-electron chi connectivity index (χ2n) is 5.07. The number of pyridine rings is 1. The van der Waals surface area contributed by atoms with Gasteiger partial charge >= 0.3 is 0 Å². The van der Waals surface area contributed by atoms with E-state index in [1.54, 1.807) is 24.5 Å². The summed E-state index contributed by atoms with van der Waals surface area (Å²) >= 11 is 1.62. The highest BCUT2D eigenvalue weighted by Gasteiger charge is 2.31. The van der Waals surface area contributed by atoms with Crippen molar-refractivity contribution >= 4 is 21.4 Å². The fourth-order valence-electron chi connectivity index (χ4n) is 2.42. The molecule has 0 radical (unpaired) electrons. The van der Waals surface area contributed by atoms with E-state index in [0.717, 1.165) is 26.2 Å². The first-order chi connectivity index (χ1) is 9.63. The van der Waals surface area contributed by atoms with Gasteiger partial charge in [-0.1, -0.05) is 31.2 Å². The third-order valence-corrected chi connectivity index (χ3v) is 4.87. The highest BCUT2D eigenvalue weighted by molar-refractivity contribution is 7.22. The van der Waals surface area contributed by atoms with E-state index in [9.17, 15) is 0 Å². The molecular formula is C17H16FNS. The van der Waals surface area contributed by atoms with E-state index < -0.39 is 5.67 Å². The first kappa shape index (κ1) is 13.3. The van der Waals surface area contributed by atoms with Crippen LogP contribution < -0.4 is 0 Å². The van der Waals surface area contributed by atoms with E-state index in [-0.39, 0.29) is 0 Å². The molecule has 2 aromatic heterocycles. The standard InChI is InChI=1S/C17H16FNS/c1-3-17(2,18)15-12-8-4-5-10-14(12)20-16(15)13-9-6-7-11-19-13/h4-11H,3H2,1-2H3. The lowest BCUT2D eigenvalue weighted by Crippen LogP contribution is -2.14. The van der Waals surface area contributed by atoms with E-state index in [0.29, 0.717) is 6.42 Å². The Hall–Kier alpha value is -1.74. The summed E-state index contributed by atoms with van der Waals surface area (Å²) in [5, 5.41) is 1.00. The van der Waals surface area contributed by atoms with Crippen LogP contribution in [-0.4, -0.2) is 4.98 Å². The quantitative estimate of drug-likeness (QED) is 0.614. The number of aromatic nitrogens is 1. The molecule has 1 nitrogen and oxygen atoms in total. The van der Waals surface area contributed by atoms with Crippen LogP contribution in [0.15, 0.2) is 48.7 Å². The Morgan fingerprint density at radius 1 is 1.15 bits per heavy atom. The number of hydrogen-bond donors (Lipinski definition) is 0. The second-order valence-corrected chi connectivity index (χ2v) is 6.12. The summed E-state index contributed by atoms with van der Waals surface area (Å²) in [5.74, 6) is 0. The van der Waals surface area contributed by atoms with Gasteiger partial charge in [0.2, 0.25) is 0 Å². The third-order valence-electron chi connectivity index (χ3n) is 3.68. The summed E-state index contributed by atoms with van der Waals surface area (Å²) in [4.78, 5) is 5.34. The molecular weight excluding hydrogens is 269 g/mol. The maximum absolute atomic E-state index is 15.0. The molecule has 0 N–H and O–H groups in total. The van der Waals surface area contributed by atoms with Crippen LogP contribution in [0.25, 0.3) is 20.7 Å².